The van der Waals surface area contributed by atoms with E-state index >= 15 is 0 Å². The highest BCUT2D eigenvalue weighted by atomic mass is 16.6. The largest absolute Gasteiger partial charge is 0.441 e. The molecule has 9 heteroatoms. The molecule has 148 valence electrons. The summed E-state index contributed by atoms with van der Waals surface area (Å²) in [6.07, 6.45) is 7.54. The van der Waals surface area contributed by atoms with Gasteiger partial charge in [-0.15, -0.1) is 5.10 Å². The van der Waals surface area contributed by atoms with Crippen LogP contribution in [0.3, 0.4) is 0 Å². The molecule has 1 aromatic heterocycles. The van der Waals surface area contributed by atoms with Crippen molar-refractivity contribution in [2.24, 2.45) is 0 Å². The molecule has 0 aliphatic carbocycles. The summed E-state index contributed by atoms with van der Waals surface area (Å²) < 4.78 is 7.31. The quantitative estimate of drug-likeness (QED) is 0.838. The van der Waals surface area contributed by atoms with Crippen molar-refractivity contribution in [1.82, 2.24) is 30.1 Å². The second-order valence-corrected chi connectivity index (χ2v) is 8.00. The van der Waals surface area contributed by atoms with Crippen LogP contribution in [0.2, 0.25) is 0 Å². The number of carbonyl (C=O) groups is 2. The minimum Gasteiger partial charge on any atom is -0.441 e. The lowest BCUT2D eigenvalue weighted by molar-refractivity contribution is 0.00300. The molecule has 9 nitrogen and oxygen atoms in total. The van der Waals surface area contributed by atoms with E-state index in [1.54, 1.807) is 27.7 Å². The zero-order valence-corrected chi connectivity index (χ0v) is 15.9. The normalized spacial score (nSPS) is 25.1. The third kappa shape index (κ3) is 3.92. The van der Waals surface area contributed by atoms with Crippen LogP contribution in [0.1, 0.15) is 49.0 Å². The van der Waals surface area contributed by atoms with Crippen LogP contribution in [0.25, 0.3) is 0 Å². The molecule has 0 bridgehead atoms. The number of piperidine rings is 2. The van der Waals surface area contributed by atoms with Crippen molar-refractivity contribution in [3.05, 3.63) is 11.9 Å². The first-order valence-corrected chi connectivity index (χ1v) is 9.92. The van der Waals surface area contributed by atoms with E-state index in [2.05, 4.69) is 15.6 Å². The fourth-order valence-electron chi connectivity index (χ4n) is 4.30. The molecule has 1 N–H and O–H groups in total. The fraction of sp³-hybridized carbons (Fsp3) is 0.778. The molecule has 4 heterocycles. The zero-order chi connectivity index (χ0) is 18.9. The standard InChI is InChI=1S/C18H28N6O3/c1-22-13-18(27-17(22)26)6-10-23(11-7-18)16(25)15-12-24(21-20-15)9-5-14-4-2-3-8-19-14/h12,14,19H,2-11,13H2,1H3/t14-/m0/s1. The summed E-state index contributed by atoms with van der Waals surface area (Å²) in [6, 6.07) is 0.535. The Morgan fingerprint density at radius 2 is 2.19 bits per heavy atom. The molecule has 3 aliphatic heterocycles. The van der Waals surface area contributed by atoms with Gasteiger partial charge in [-0.3, -0.25) is 9.48 Å². The first-order valence-electron chi connectivity index (χ1n) is 9.92. The molecule has 0 radical (unpaired) electrons. The van der Waals surface area contributed by atoms with Crippen LogP contribution < -0.4 is 5.32 Å². The van der Waals surface area contributed by atoms with Gasteiger partial charge in [0.05, 0.1) is 12.7 Å². The van der Waals surface area contributed by atoms with Gasteiger partial charge in [0.25, 0.3) is 5.91 Å². The van der Waals surface area contributed by atoms with Gasteiger partial charge in [-0.25, -0.2) is 4.79 Å². The van der Waals surface area contributed by atoms with E-state index in [1.165, 1.54) is 19.3 Å². The molecular weight excluding hydrogens is 348 g/mol. The lowest BCUT2D eigenvalue weighted by Gasteiger charge is -2.36. The molecule has 3 fully saturated rings. The van der Waals surface area contributed by atoms with Gasteiger partial charge in [-0.1, -0.05) is 11.6 Å². The Labute approximate surface area is 159 Å². The van der Waals surface area contributed by atoms with Crippen LogP contribution in [-0.2, 0) is 11.3 Å². The van der Waals surface area contributed by atoms with Crippen LogP contribution in [0.15, 0.2) is 6.20 Å². The number of amides is 2. The monoisotopic (exact) mass is 376 g/mol. The van der Waals surface area contributed by atoms with Gasteiger partial charge in [-0.2, -0.15) is 0 Å². The summed E-state index contributed by atoms with van der Waals surface area (Å²) >= 11 is 0. The Morgan fingerprint density at radius 3 is 2.85 bits per heavy atom. The van der Waals surface area contributed by atoms with Gasteiger partial charge >= 0.3 is 6.09 Å². The van der Waals surface area contributed by atoms with Gasteiger partial charge in [0.2, 0.25) is 0 Å². The summed E-state index contributed by atoms with van der Waals surface area (Å²) in [7, 11) is 1.75. The molecule has 1 atom stereocenters. The second-order valence-electron chi connectivity index (χ2n) is 8.00. The van der Waals surface area contributed by atoms with E-state index < -0.39 is 5.60 Å². The lowest BCUT2D eigenvalue weighted by atomic mass is 9.91. The molecule has 0 aromatic carbocycles. The van der Waals surface area contributed by atoms with E-state index in [-0.39, 0.29) is 12.0 Å². The molecule has 4 rings (SSSR count). The van der Waals surface area contributed by atoms with Gasteiger partial charge < -0.3 is 19.9 Å². The number of hydrogen-bond donors (Lipinski definition) is 1. The van der Waals surface area contributed by atoms with Gasteiger partial charge in [-0.05, 0) is 25.8 Å². The Bertz CT molecular complexity index is 691. The average molecular weight is 376 g/mol. The summed E-state index contributed by atoms with van der Waals surface area (Å²) in [5.74, 6) is -0.0930. The predicted octanol–water partition coefficient (Wildman–Crippen LogP) is 0.867. The summed E-state index contributed by atoms with van der Waals surface area (Å²) in [6.45, 7) is 3.59. The maximum Gasteiger partial charge on any atom is 0.410 e. The summed E-state index contributed by atoms with van der Waals surface area (Å²) in [5, 5.41) is 11.7. The Kier molecular flexibility index (Phi) is 5.03. The molecule has 2 amide bonds. The number of aromatic nitrogens is 3. The second kappa shape index (κ2) is 7.46. The van der Waals surface area contributed by atoms with Crippen LogP contribution in [0.4, 0.5) is 4.79 Å². The number of hydrogen-bond acceptors (Lipinski definition) is 6. The number of likely N-dealkylation sites (N-methyl/N-ethyl adjacent to an activating group) is 1. The van der Waals surface area contributed by atoms with Gasteiger partial charge in [0.1, 0.15) is 5.60 Å². The molecule has 3 aliphatic rings. The van der Waals surface area contributed by atoms with E-state index in [4.69, 9.17) is 4.74 Å². The third-order valence-electron chi connectivity index (χ3n) is 5.98. The molecule has 27 heavy (non-hydrogen) atoms. The Morgan fingerprint density at radius 1 is 1.37 bits per heavy atom. The third-order valence-corrected chi connectivity index (χ3v) is 5.98. The van der Waals surface area contributed by atoms with Gasteiger partial charge in [0, 0.05) is 45.6 Å². The lowest BCUT2D eigenvalue weighted by Crippen LogP contribution is -2.48. The van der Waals surface area contributed by atoms with Crippen molar-refractivity contribution in [3.8, 4) is 0 Å². The van der Waals surface area contributed by atoms with E-state index in [0.29, 0.717) is 44.2 Å². The SMILES string of the molecule is CN1CC2(CCN(C(=O)c3cn(CC[C@@H]4CCCCN4)nn3)CC2)OC1=O. The molecule has 0 saturated carbocycles. The van der Waals surface area contributed by atoms with Crippen LogP contribution in [0.5, 0.6) is 0 Å². The maximum absolute atomic E-state index is 12.7. The van der Waals surface area contributed by atoms with Crippen molar-refractivity contribution < 1.29 is 14.3 Å². The number of aryl methyl sites for hydroxylation is 1. The Hall–Kier alpha value is -2.16. The van der Waals surface area contributed by atoms with E-state index in [0.717, 1.165) is 19.5 Å². The van der Waals surface area contributed by atoms with Crippen molar-refractivity contribution in [1.29, 1.82) is 0 Å². The molecular formula is C18H28N6O3. The highest BCUT2D eigenvalue weighted by Crippen LogP contribution is 2.32. The highest BCUT2D eigenvalue weighted by molar-refractivity contribution is 5.92. The molecule has 3 saturated heterocycles. The van der Waals surface area contributed by atoms with Crippen molar-refractivity contribution in [2.45, 2.75) is 56.7 Å². The van der Waals surface area contributed by atoms with Crippen molar-refractivity contribution in [3.63, 3.8) is 0 Å². The number of rotatable bonds is 4. The predicted molar refractivity (Wildman–Crippen MR) is 97.3 cm³/mol. The number of carbonyl (C=O) groups excluding carboxylic acids is 2. The van der Waals surface area contributed by atoms with Crippen LogP contribution in [-0.4, -0.2) is 81.7 Å². The number of likely N-dealkylation sites (tertiary alicyclic amines) is 1. The van der Waals surface area contributed by atoms with E-state index in [1.807, 2.05) is 0 Å². The van der Waals surface area contributed by atoms with Crippen molar-refractivity contribution in [2.75, 3.05) is 33.2 Å². The maximum atomic E-state index is 12.7. The minimum absolute atomic E-state index is 0.0930. The molecule has 0 unspecified atom stereocenters. The fourth-order valence-corrected chi connectivity index (χ4v) is 4.30. The molecule has 1 spiro atoms. The summed E-state index contributed by atoms with van der Waals surface area (Å²) in [4.78, 5) is 27.8. The topological polar surface area (TPSA) is 92.6 Å². The van der Waals surface area contributed by atoms with Crippen LogP contribution in [0, 0.1) is 0 Å². The van der Waals surface area contributed by atoms with Crippen molar-refractivity contribution >= 4 is 12.0 Å². The highest BCUT2D eigenvalue weighted by Gasteiger charge is 2.46. The van der Waals surface area contributed by atoms with Crippen LogP contribution >= 0.6 is 0 Å². The first-order chi connectivity index (χ1) is 13.0. The first kappa shape index (κ1) is 18.2. The zero-order valence-electron chi connectivity index (χ0n) is 15.9. The number of ether oxygens (including phenoxy) is 1. The average Bonchev–Trinajstić information content (AvgIpc) is 3.26. The van der Waals surface area contributed by atoms with Gasteiger partial charge in [0.15, 0.2) is 5.69 Å². The Balaban J connectivity index is 1.29. The minimum atomic E-state index is -0.437. The van der Waals surface area contributed by atoms with E-state index in [9.17, 15) is 9.59 Å². The molecule has 1 aromatic rings. The number of nitrogens with one attached hydrogen (secondary N) is 1. The smallest absolute Gasteiger partial charge is 0.410 e. The summed E-state index contributed by atoms with van der Waals surface area (Å²) in [5.41, 5.74) is -0.0455. The number of nitrogens with zero attached hydrogens (tertiary/aromatic N) is 5.